The van der Waals surface area contributed by atoms with Gasteiger partial charge in [0.05, 0.1) is 0 Å². The highest BCUT2D eigenvalue weighted by Crippen LogP contribution is 2.39. The number of nitrogens with two attached hydrogens (primary N) is 1. The molecule has 0 aliphatic carbocycles. The fraction of sp³-hybridized carbons (Fsp3) is 0.500. The lowest BCUT2D eigenvalue weighted by atomic mass is 9.65. The van der Waals surface area contributed by atoms with Gasteiger partial charge in [0.2, 0.25) is 0 Å². The molecule has 0 saturated heterocycles. The number of benzene rings is 1. The summed E-state index contributed by atoms with van der Waals surface area (Å²) in [5, 5.41) is 0. The zero-order valence-corrected chi connectivity index (χ0v) is 17.7. The Hall–Kier alpha value is -1.60. The minimum atomic E-state index is -0.299. The molecule has 2 N–H and O–H groups in total. The van der Waals surface area contributed by atoms with E-state index in [1.165, 1.54) is 27.8 Å². The van der Waals surface area contributed by atoms with Gasteiger partial charge in [-0.3, -0.25) is 0 Å². The van der Waals surface area contributed by atoms with Gasteiger partial charge in [0.25, 0.3) is 0 Å². The minimum Gasteiger partial charge on any atom is -0.324 e. The van der Waals surface area contributed by atoms with E-state index < -0.39 is 0 Å². The number of hydrogen-bond donors (Lipinski definition) is 1. The van der Waals surface area contributed by atoms with Crippen LogP contribution in [0.4, 0.5) is 0 Å². The predicted octanol–water partition coefficient (Wildman–Crippen LogP) is 6.69. The molecule has 0 bridgehead atoms. The number of allylic oxidation sites excluding steroid dienone is 4. The van der Waals surface area contributed by atoms with E-state index in [2.05, 4.69) is 105 Å². The van der Waals surface area contributed by atoms with Crippen molar-refractivity contribution in [3.05, 3.63) is 64.3 Å². The second-order valence-electron chi connectivity index (χ2n) is 8.86. The van der Waals surface area contributed by atoms with Gasteiger partial charge >= 0.3 is 0 Å². The third-order valence-electron chi connectivity index (χ3n) is 5.45. The fourth-order valence-corrected chi connectivity index (χ4v) is 2.96. The summed E-state index contributed by atoms with van der Waals surface area (Å²) in [6.45, 7) is 19.7. The van der Waals surface area contributed by atoms with Gasteiger partial charge in [-0.05, 0) is 62.7 Å². The summed E-state index contributed by atoms with van der Waals surface area (Å²) in [6, 6.07) is 8.57. The first-order valence-corrected chi connectivity index (χ1v) is 9.25. The summed E-state index contributed by atoms with van der Waals surface area (Å²) in [6.07, 6.45) is 6.70. The molecule has 25 heavy (non-hydrogen) atoms. The van der Waals surface area contributed by atoms with Gasteiger partial charge in [-0.15, -0.1) is 0 Å². The van der Waals surface area contributed by atoms with Crippen LogP contribution in [-0.4, -0.2) is 5.54 Å². The quantitative estimate of drug-likeness (QED) is 0.594. The smallest absolute Gasteiger partial charge is 0.0241 e. The van der Waals surface area contributed by atoms with Crippen molar-refractivity contribution in [3.63, 3.8) is 0 Å². The lowest BCUT2D eigenvalue weighted by Gasteiger charge is -2.44. The summed E-state index contributed by atoms with van der Waals surface area (Å²) < 4.78 is 0. The lowest BCUT2D eigenvalue weighted by molar-refractivity contribution is 0.159. The molecule has 1 aromatic carbocycles. The summed E-state index contributed by atoms with van der Waals surface area (Å²) >= 11 is 0. The van der Waals surface area contributed by atoms with Crippen molar-refractivity contribution in [3.8, 4) is 0 Å². The molecule has 2 unspecified atom stereocenters. The molecule has 2 atom stereocenters. The van der Waals surface area contributed by atoms with Crippen molar-refractivity contribution in [2.45, 2.75) is 67.9 Å². The van der Waals surface area contributed by atoms with Gasteiger partial charge in [0, 0.05) is 5.54 Å². The van der Waals surface area contributed by atoms with E-state index in [0.29, 0.717) is 0 Å². The monoisotopic (exact) mass is 339 g/mol. The largest absolute Gasteiger partial charge is 0.324 e. The van der Waals surface area contributed by atoms with Crippen LogP contribution >= 0.6 is 0 Å². The maximum atomic E-state index is 6.79. The van der Waals surface area contributed by atoms with E-state index in [9.17, 15) is 0 Å². The molecule has 0 saturated carbocycles. The number of aryl methyl sites for hydroxylation is 1. The first kappa shape index (κ1) is 21.4. The molecule has 0 fully saturated rings. The molecule has 0 amide bonds. The molecule has 0 heterocycles. The molecule has 0 aromatic heterocycles. The average Bonchev–Trinajstić information content (AvgIpc) is 2.48. The minimum absolute atomic E-state index is 0.0215. The summed E-state index contributed by atoms with van der Waals surface area (Å²) in [5.74, 6) is 0.254. The molecule has 138 valence electrons. The molecule has 1 nitrogen and oxygen atoms in total. The SMILES string of the molecule is CC(C)=C/C(=C(C)/C=C/c1cccc(C)c1)C(C)C(C)(N)C(C)(C)C. The van der Waals surface area contributed by atoms with Crippen molar-refractivity contribution in [2.24, 2.45) is 17.1 Å². The number of hydrogen-bond acceptors (Lipinski definition) is 1. The Labute approximate surface area is 155 Å². The Morgan fingerprint density at radius 2 is 1.68 bits per heavy atom. The van der Waals surface area contributed by atoms with Crippen molar-refractivity contribution >= 4 is 6.08 Å². The Bertz CT molecular complexity index is 674. The van der Waals surface area contributed by atoms with Crippen LogP contribution in [0.2, 0.25) is 0 Å². The van der Waals surface area contributed by atoms with E-state index in [-0.39, 0.29) is 16.9 Å². The van der Waals surface area contributed by atoms with Crippen molar-refractivity contribution < 1.29 is 0 Å². The van der Waals surface area contributed by atoms with Crippen molar-refractivity contribution in [2.75, 3.05) is 0 Å². The molecular formula is C24H37N. The van der Waals surface area contributed by atoms with Crippen LogP contribution in [0.1, 0.15) is 66.5 Å². The Morgan fingerprint density at radius 1 is 1.08 bits per heavy atom. The van der Waals surface area contributed by atoms with Crippen LogP contribution in [-0.2, 0) is 0 Å². The third-order valence-corrected chi connectivity index (χ3v) is 5.45. The number of rotatable bonds is 5. The molecular weight excluding hydrogens is 302 g/mol. The van der Waals surface area contributed by atoms with E-state index in [4.69, 9.17) is 5.73 Å². The molecule has 0 aliphatic rings. The summed E-state index contributed by atoms with van der Waals surface area (Å²) in [4.78, 5) is 0. The Kier molecular flexibility index (Phi) is 7.02. The molecule has 1 heteroatoms. The van der Waals surface area contributed by atoms with Crippen LogP contribution in [0.15, 0.2) is 53.1 Å². The van der Waals surface area contributed by atoms with Gasteiger partial charge in [0.1, 0.15) is 0 Å². The predicted molar refractivity (Wildman–Crippen MR) is 114 cm³/mol. The van der Waals surface area contributed by atoms with E-state index in [0.717, 1.165) is 0 Å². The van der Waals surface area contributed by atoms with Crippen LogP contribution in [0.5, 0.6) is 0 Å². The summed E-state index contributed by atoms with van der Waals surface area (Å²) in [7, 11) is 0. The zero-order valence-electron chi connectivity index (χ0n) is 17.7. The molecule has 0 spiro atoms. The maximum Gasteiger partial charge on any atom is 0.0241 e. The average molecular weight is 340 g/mol. The molecule has 0 radical (unpaired) electrons. The first-order chi connectivity index (χ1) is 11.4. The second-order valence-corrected chi connectivity index (χ2v) is 8.86. The normalized spacial score (nSPS) is 17.0. The highest BCUT2D eigenvalue weighted by molar-refractivity contribution is 5.55. The Morgan fingerprint density at radius 3 is 2.16 bits per heavy atom. The van der Waals surface area contributed by atoms with E-state index >= 15 is 0 Å². The topological polar surface area (TPSA) is 26.0 Å². The van der Waals surface area contributed by atoms with Crippen LogP contribution in [0.25, 0.3) is 6.08 Å². The fourth-order valence-electron chi connectivity index (χ4n) is 2.96. The second kappa shape index (κ2) is 8.19. The zero-order chi connectivity index (χ0) is 19.4. The molecule has 1 rings (SSSR count). The van der Waals surface area contributed by atoms with Crippen molar-refractivity contribution in [1.29, 1.82) is 0 Å². The van der Waals surface area contributed by atoms with Gasteiger partial charge in [-0.25, -0.2) is 0 Å². The van der Waals surface area contributed by atoms with Crippen LogP contribution in [0.3, 0.4) is 0 Å². The van der Waals surface area contributed by atoms with E-state index in [1.54, 1.807) is 0 Å². The van der Waals surface area contributed by atoms with Crippen LogP contribution in [0, 0.1) is 18.3 Å². The third kappa shape index (κ3) is 5.71. The summed E-state index contributed by atoms with van der Waals surface area (Å²) in [5.41, 5.74) is 12.9. The lowest BCUT2D eigenvalue weighted by Crippen LogP contribution is -2.54. The van der Waals surface area contributed by atoms with Gasteiger partial charge in [0.15, 0.2) is 0 Å². The van der Waals surface area contributed by atoms with E-state index in [1.807, 2.05) is 0 Å². The van der Waals surface area contributed by atoms with Gasteiger partial charge in [-0.1, -0.05) is 81.3 Å². The van der Waals surface area contributed by atoms with Crippen molar-refractivity contribution in [1.82, 2.24) is 0 Å². The Balaban J connectivity index is 3.33. The highest BCUT2D eigenvalue weighted by Gasteiger charge is 2.39. The van der Waals surface area contributed by atoms with Gasteiger partial charge < -0.3 is 5.73 Å². The first-order valence-electron chi connectivity index (χ1n) is 9.25. The standard InChI is InChI=1S/C24H37N/c1-17(2)15-22(20(5)24(9,25)23(6,7)8)19(4)13-14-21-12-10-11-18(3)16-21/h10-16,20H,25H2,1-9H3/b14-13+,22-19-. The van der Waals surface area contributed by atoms with Gasteiger partial charge in [-0.2, -0.15) is 0 Å². The highest BCUT2D eigenvalue weighted by atomic mass is 14.8. The van der Waals surface area contributed by atoms with Crippen LogP contribution < -0.4 is 5.73 Å². The molecule has 1 aromatic rings. The molecule has 0 aliphatic heterocycles. The maximum absolute atomic E-state index is 6.79.